The summed E-state index contributed by atoms with van der Waals surface area (Å²) in [7, 11) is 1.28. The van der Waals surface area contributed by atoms with Crippen LogP contribution in [0.4, 0.5) is 5.82 Å². The van der Waals surface area contributed by atoms with Crippen molar-refractivity contribution in [3.63, 3.8) is 0 Å². The van der Waals surface area contributed by atoms with Gasteiger partial charge in [-0.3, -0.25) is 0 Å². The first kappa shape index (κ1) is 7.46. The van der Waals surface area contributed by atoms with Crippen molar-refractivity contribution < 1.29 is 9.53 Å². The number of carbonyl (C=O) groups excluding carboxylic acids is 1. The molecule has 0 radical (unpaired) electrons. The number of nitrogens with zero attached hydrogens (tertiary/aromatic N) is 2. The molecule has 0 saturated heterocycles. The highest BCUT2D eigenvalue weighted by molar-refractivity contribution is 5.86. The zero-order valence-electron chi connectivity index (χ0n) is 5.94. The fourth-order valence-corrected chi connectivity index (χ4v) is 0.556. The largest absolute Gasteiger partial charge is 0.464 e. The number of rotatable bonds is 1. The van der Waals surface area contributed by atoms with E-state index < -0.39 is 5.97 Å². The molecule has 0 amide bonds. The molecule has 1 aromatic rings. The van der Waals surface area contributed by atoms with Crippen molar-refractivity contribution in [2.75, 3.05) is 12.8 Å². The second kappa shape index (κ2) is 2.96. The predicted octanol–water partition coefficient (Wildman–Crippen LogP) is -0.155. The lowest BCUT2D eigenvalue weighted by Gasteiger charge is -1.95. The molecule has 0 aliphatic rings. The van der Waals surface area contributed by atoms with Crippen molar-refractivity contribution in [2.45, 2.75) is 0 Å². The van der Waals surface area contributed by atoms with Gasteiger partial charge in [0.15, 0.2) is 5.69 Å². The molecule has 1 rings (SSSR count). The van der Waals surface area contributed by atoms with Crippen molar-refractivity contribution in [1.29, 1.82) is 0 Å². The van der Waals surface area contributed by atoms with E-state index in [1.165, 1.54) is 19.2 Å². The lowest BCUT2D eigenvalue weighted by molar-refractivity contribution is 0.0593. The van der Waals surface area contributed by atoms with E-state index in [1.54, 1.807) is 0 Å². The van der Waals surface area contributed by atoms with E-state index in [-0.39, 0.29) is 11.5 Å². The predicted molar refractivity (Wildman–Crippen MR) is 37.8 cm³/mol. The van der Waals surface area contributed by atoms with Gasteiger partial charge in [0, 0.05) is 0 Å². The molecule has 58 valence electrons. The van der Waals surface area contributed by atoms with Gasteiger partial charge >= 0.3 is 5.97 Å². The number of hydrogen-bond acceptors (Lipinski definition) is 5. The number of aromatic nitrogens is 2. The van der Waals surface area contributed by atoms with Gasteiger partial charge in [0.25, 0.3) is 0 Å². The molecule has 0 unspecified atom stereocenters. The first-order valence-electron chi connectivity index (χ1n) is 2.91. The van der Waals surface area contributed by atoms with E-state index in [0.717, 1.165) is 0 Å². The molecule has 11 heavy (non-hydrogen) atoms. The van der Waals surface area contributed by atoms with Crippen molar-refractivity contribution in [3.8, 4) is 0 Å². The number of nitrogens with two attached hydrogens (primary N) is 1. The highest BCUT2D eigenvalue weighted by atomic mass is 16.5. The molecule has 2 N–H and O–H groups in total. The normalized spacial score (nSPS) is 9.18. The highest BCUT2D eigenvalue weighted by Gasteiger charge is 2.05. The second-order valence-electron chi connectivity index (χ2n) is 1.84. The van der Waals surface area contributed by atoms with Crippen LogP contribution in [0.1, 0.15) is 10.5 Å². The Morgan fingerprint density at radius 1 is 1.55 bits per heavy atom. The zero-order valence-corrected chi connectivity index (χ0v) is 5.94. The Balaban J connectivity index is 2.90. The van der Waals surface area contributed by atoms with Crippen molar-refractivity contribution in [2.24, 2.45) is 0 Å². The minimum Gasteiger partial charge on any atom is -0.464 e. The van der Waals surface area contributed by atoms with Gasteiger partial charge in [-0.15, -0.1) is 10.2 Å². The summed E-state index contributed by atoms with van der Waals surface area (Å²) in [6, 6.07) is 2.94. The third kappa shape index (κ3) is 1.64. The van der Waals surface area contributed by atoms with Gasteiger partial charge in [-0.1, -0.05) is 0 Å². The fourth-order valence-electron chi connectivity index (χ4n) is 0.556. The Morgan fingerprint density at radius 2 is 2.27 bits per heavy atom. The quantitative estimate of drug-likeness (QED) is 0.567. The zero-order chi connectivity index (χ0) is 8.27. The maximum absolute atomic E-state index is 10.8. The fraction of sp³-hybridized carbons (Fsp3) is 0.167. The standard InChI is InChI=1S/C6H7N3O2/c1-11-6(10)4-2-3-5(7)9-8-4/h2-3H,1H3,(H2,7,9). The second-order valence-corrected chi connectivity index (χ2v) is 1.84. The highest BCUT2D eigenvalue weighted by Crippen LogP contribution is 1.97. The van der Waals surface area contributed by atoms with Crippen LogP contribution in [0.25, 0.3) is 0 Å². The van der Waals surface area contributed by atoms with Gasteiger partial charge in [0.1, 0.15) is 5.82 Å². The number of carbonyl (C=O) groups is 1. The summed E-state index contributed by atoms with van der Waals surface area (Å²) in [4.78, 5) is 10.8. The maximum Gasteiger partial charge on any atom is 0.358 e. The summed E-state index contributed by atoms with van der Waals surface area (Å²) in [5.41, 5.74) is 5.40. The topological polar surface area (TPSA) is 78.1 Å². The minimum absolute atomic E-state index is 0.154. The maximum atomic E-state index is 10.8. The van der Waals surface area contributed by atoms with Crippen LogP contribution in [-0.2, 0) is 4.74 Å². The Bertz CT molecular complexity index is 257. The third-order valence-electron chi connectivity index (χ3n) is 1.08. The first-order valence-corrected chi connectivity index (χ1v) is 2.91. The molecule has 0 fully saturated rings. The van der Waals surface area contributed by atoms with E-state index in [2.05, 4.69) is 14.9 Å². The average molecular weight is 153 g/mol. The summed E-state index contributed by atoms with van der Waals surface area (Å²) in [6.45, 7) is 0. The molecule has 0 atom stereocenters. The van der Waals surface area contributed by atoms with E-state index >= 15 is 0 Å². The van der Waals surface area contributed by atoms with Crippen molar-refractivity contribution in [3.05, 3.63) is 17.8 Å². The number of methoxy groups -OCH3 is 1. The Hall–Kier alpha value is -1.65. The van der Waals surface area contributed by atoms with Crippen LogP contribution in [0.5, 0.6) is 0 Å². The molecule has 5 nitrogen and oxygen atoms in total. The molecule has 0 saturated carbocycles. The lowest BCUT2D eigenvalue weighted by Crippen LogP contribution is -2.06. The molecule has 0 aliphatic heterocycles. The van der Waals surface area contributed by atoms with Crippen LogP contribution in [0, 0.1) is 0 Å². The minimum atomic E-state index is -0.516. The summed E-state index contributed by atoms with van der Waals surface area (Å²) in [5.74, 6) is -0.241. The Labute approximate surface area is 63.2 Å². The van der Waals surface area contributed by atoms with Gasteiger partial charge in [-0.2, -0.15) is 0 Å². The third-order valence-corrected chi connectivity index (χ3v) is 1.08. The summed E-state index contributed by atoms with van der Waals surface area (Å²) < 4.78 is 4.39. The molecular formula is C6H7N3O2. The number of anilines is 1. The van der Waals surface area contributed by atoms with Gasteiger partial charge in [0.2, 0.25) is 0 Å². The summed E-state index contributed by atoms with van der Waals surface area (Å²) >= 11 is 0. The molecule has 0 bridgehead atoms. The van der Waals surface area contributed by atoms with E-state index in [0.29, 0.717) is 0 Å². The SMILES string of the molecule is COC(=O)c1ccc(N)nn1. The average Bonchev–Trinajstić information content (AvgIpc) is 2.05. The van der Waals surface area contributed by atoms with Gasteiger partial charge in [-0.05, 0) is 12.1 Å². The van der Waals surface area contributed by atoms with Gasteiger partial charge < -0.3 is 10.5 Å². The summed E-state index contributed by atoms with van der Waals surface area (Å²) in [5, 5.41) is 6.97. The summed E-state index contributed by atoms with van der Waals surface area (Å²) in [6.07, 6.45) is 0. The molecule has 5 heteroatoms. The monoisotopic (exact) mass is 153 g/mol. The number of nitrogen functional groups attached to an aromatic ring is 1. The van der Waals surface area contributed by atoms with Crippen molar-refractivity contribution >= 4 is 11.8 Å². The molecule has 1 heterocycles. The van der Waals surface area contributed by atoms with Crippen LogP contribution in [0.2, 0.25) is 0 Å². The van der Waals surface area contributed by atoms with E-state index in [1.807, 2.05) is 0 Å². The van der Waals surface area contributed by atoms with E-state index in [9.17, 15) is 4.79 Å². The number of ether oxygens (including phenoxy) is 1. The van der Waals surface area contributed by atoms with Crippen LogP contribution < -0.4 is 5.73 Å². The molecule has 1 aromatic heterocycles. The van der Waals surface area contributed by atoms with Gasteiger partial charge in [-0.25, -0.2) is 4.79 Å². The Morgan fingerprint density at radius 3 is 2.73 bits per heavy atom. The first-order chi connectivity index (χ1) is 5.24. The van der Waals surface area contributed by atoms with Crippen LogP contribution >= 0.6 is 0 Å². The van der Waals surface area contributed by atoms with Crippen molar-refractivity contribution in [1.82, 2.24) is 10.2 Å². The number of esters is 1. The molecular weight excluding hydrogens is 146 g/mol. The van der Waals surface area contributed by atoms with Crippen LogP contribution in [0.3, 0.4) is 0 Å². The Kier molecular flexibility index (Phi) is 2.00. The van der Waals surface area contributed by atoms with Gasteiger partial charge in [0.05, 0.1) is 7.11 Å². The smallest absolute Gasteiger partial charge is 0.358 e. The van der Waals surface area contributed by atoms with E-state index in [4.69, 9.17) is 5.73 Å². The number of hydrogen-bond donors (Lipinski definition) is 1. The van der Waals surface area contributed by atoms with Crippen LogP contribution in [-0.4, -0.2) is 23.3 Å². The van der Waals surface area contributed by atoms with Crippen LogP contribution in [0.15, 0.2) is 12.1 Å². The molecule has 0 aromatic carbocycles. The molecule has 0 spiro atoms. The lowest BCUT2D eigenvalue weighted by atomic mass is 10.4. The molecule has 0 aliphatic carbocycles.